The molecule has 1 N–H and O–H groups in total. The summed E-state index contributed by atoms with van der Waals surface area (Å²) in [7, 11) is 3.47. The number of rotatable bonds is 4. The number of hydrogen-bond donors (Lipinski definition) is 1. The molecule has 1 aliphatic heterocycles. The van der Waals surface area contributed by atoms with Crippen molar-refractivity contribution in [1.29, 1.82) is 0 Å². The van der Waals surface area contributed by atoms with Crippen molar-refractivity contribution >= 4 is 0 Å². The second-order valence-corrected chi connectivity index (χ2v) is 3.45. The average molecular weight is 221 g/mol. The molecule has 0 radical (unpaired) electrons. The van der Waals surface area contributed by atoms with E-state index in [-0.39, 0.29) is 6.04 Å². The number of likely N-dealkylation sites (N-methyl/N-ethyl adjacent to an activating group) is 1. The summed E-state index contributed by atoms with van der Waals surface area (Å²) in [4.78, 5) is 8.21. The predicted octanol–water partition coefficient (Wildman–Crippen LogP) is 1.05. The number of hydrogen-bond acceptors (Lipinski definition) is 5. The molecule has 2 heterocycles. The lowest BCUT2D eigenvalue weighted by Gasteiger charge is -2.16. The second-order valence-electron chi connectivity index (χ2n) is 3.45. The van der Waals surface area contributed by atoms with Crippen molar-refractivity contribution in [3.63, 3.8) is 0 Å². The average Bonchev–Trinajstić information content (AvgIpc) is 2.84. The van der Waals surface area contributed by atoms with Crippen LogP contribution in [0.4, 0.5) is 0 Å². The first-order valence-electron chi connectivity index (χ1n) is 5.21. The highest BCUT2D eigenvalue weighted by Gasteiger charge is 2.20. The van der Waals surface area contributed by atoms with Crippen molar-refractivity contribution in [2.75, 3.05) is 20.8 Å². The molecule has 0 aliphatic carbocycles. The summed E-state index contributed by atoms with van der Waals surface area (Å²) < 4.78 is 10.6. The van der Waals surface area contributed by atoms with E-state index in [1.807, 2.05) is 13.1 Å². The molecule has 5 heteroatoms. The van der Waals surface area contributed by atoms with Gasteiger partial charge in [-0.1, -0.05) is 0 Å². The Balaban J connectivity index is 2.25. The highest BCUT2D eigenvalue weighted by Crippen LogP contribution is 2.25. The van der Waals surface area contributed by atoms with Crippen LogP contribution in [0.3, 0.4) is 0 Å². The maximum Gasteiger partial charge on any atom is 0.216 e. The molecular weight excluding hydrogens is 206 g/mol. The van der Waals surface area contributed by atoms with Crippen molar-refractivity contribution in [3.8, 4) is 5.88 Å². The molecule has 1 unspecified atom stereocenters. The number of ether oxygens (including phenoxy) is 2. The Kier molecular flexibility index (Phi) is 3.36. The Morgan fingerprint density at radius 1 is 1.50 bits per heavy atom. The third-order valence-electron chi connectivity index (χ3n) is 2.47. The molecule has 1 aliphatic rings. The zero-order valence-corrected chi connectivity index (χ0v) is 9.43. The van der Waals surface area contributed by atoms with E-state index in [0.29, 0.717) is 5.88 Å². The Labute approximate surface area is 94.5 Å². The Hall–Kier alpha value is -1.62. The van der Waals surface area contributed by atoms with Gasteiger partial charge in [-0.15, -0.1) is 0 Å². The zero-order valence-electron chi connectivity index (χ0n) is 9.43. The highest BCUT2D eigenvalue weighted by atomic mass is 16.5. The minimum Gasteiger partial charge on any atom is -0.496 e. The molecule has 2 rings (SSSR count). The summed E-state index contributed by atoms with van der Waals surface area (Å²) in [5.74, 6) is 1.48. The molecule has 1 aromatic rings. The zero-order chi connectivity index (χ0) is 11.4. The van der Waals surface area contributed by atoms with Crippen LogP contribution < -0.4 is 10.1 Å². The molecule has 1 aromatic heterocycles. The smallest absolute Gasteiger partial charge is 0.216 e. The van der Waals surface area contributed by atoms with Gasteiger partial charge in [0.1, 0.15) is 18.1 Å². The van der Waals surface area contributed by atoms with Crippen LogP contribution in [0.1, 0.15) is 18.2 Å². The molecule has 1 atom stereocenters. The van der Waals surface area contributed by atoms with Crippen LogP contribution in [0.15, 0.2) is 24.2 Å². The molecule has 16 heavy (non-hydrogen) atoms. The lowest BCUT2D eigenvalue weighted by atomic mass is 10.1. The van der Waals surface area contributed by atoms with Crippen molar-refractivity contribution in [1.82, 2.24) is 15.3 Å². The van der Waals surface area contributed by atoms with Crippen LogP contribution >= 0.6 is 0 Å². The SMILES string of the molecule is CNC(C1=CCCO1)c1cc(OC)ncn1. The van der Waals surface area contributed by atoms with E-state index < -0.39 is 0 Å². The van der Waals surface area contributed by atoms with Gasteiger partial charge < -0.3 is 14.8 Å². The lowest BCUT2D eigenvalue weighted by Crippen LogP contribution is -2.20. The van der Waals surface area contributed by atoms with E-state index >= 15 is 0 Å². The number of nitrogens with zero attached hydrogens (tertiary/aromatic N) is 2. The molecule has 0 spiro atoms. The summed E-state index contributed by atoms with van der Waals surface area (Å²) >= 11 is 0. The third kappa shape index (κ3) is 2.14. The normalized spacial score (nSPS) is 16.5. The minimum absolute atomic E-state index is 0.0283. The van der Waals surface area contributed by atoms with Gasteiger partial charge in [0.15, 0.2) is 0 Å². The lowest BCUT2D eigenvalue weighted by molar-refractivity contribution is 0.216. The minimum atomic E-state index is -0.0283. The molecule has 0 fully saturated rings. The largest absolute Gasteiger partial charge is 0.496 e. The monoisotopic (exact) mass is 221 g/mol. The van der Waals surface area contributed by atoms with E-state index in [1.165, 1.54) is 6.33 Å². The maximum absolute atomic E-state index is 5.53. The van der Waals surface area contributed by atoms with Gasteiger partial charge in [0.05, 0.1) is 19.4 Å². The standard InChI is InChI=1S/C11H15N3O2/c1-12-11(9-4-3-5-16-9)8-6-10(15-2)14-7-13-8/h4,6-7,11-12H,3,5H2,1-2H3. The highest BCUT2D eigenvalue weighted by molar-refractivity contribution is 5.23. The maximum atomic E-state index is 5.53. The molecule has 0 amide bonds. The summed E-state index contributed by atoms with van der Waals surface area (Å²) in [5.41, 5.74) is 0.850. The summed E-state index contributed by atoms with van der Waals surface area (Å²) in [6.07, 6.45) is 4.53. The molecule has 5 nitrogen and oxygen atoms in total. The van der Waals surface area contributed by atoms with Gasteiger partial charge in [0.25, 0.3) is 0 Å². The van der Waals surface area contributed by atoms with Crippen molar-refractivity contribution in [2.24, 2.45) is 0 Å². The topological polar surface area (TPSA) is 56.3 Å². The van der Waals surface area contributed by atoms with Gasteiger partial charge in [-0.3, -0.25) is 0 Å². The van der Waals surface area contributed by atoms with Gasteiger partial charge in [-0.05, 0) is 13.1 Å². The second kappa shape index (κ2) is 4.94. The Bertz CT molecular complexity index is 393. The van der Waals surface area contributed by atoms with Gasteiger partial charge in [-0.25, -0.2) is 9.97 Å². The van der Waals surface area contributed by atoms with Crippen LogP contribution in [0.25, 0.3) is 0 Å². The summed E-state index contributed by atoms with van der Waals surface area (Å²) in [6.45, 7) is 0.746. The van der Waals surface area contributed by atoms with Crippen molar-refractivity contribution in [3.05, 3.63) is 29.9 Å². The van der Waals surface area contributed by atoms with Gasteiger partial charge >= 0.3 is 0 Å². The first-order valence-corrected chi connectivity index (χ1v) is 5.21. The van der Waals surface area contributed by atoms with E-state index in [9.17, 15) is 0 Å². The fraction of sp³-hybridized carbons (Fsp3) is 0.455. The molecule has 0 saturated heterocycles. The number of nitrogens with one attached hydrogen (secondary N) is 1. The van der Waals surface area contributed by atoms with Crippen molar-refractivity contribution < 1.29 is 9.47 Å². The fourth-order valence-electron chi connectivity index (χ4n) is 1.70. The molecule has 86 valence electrons. The molecule has 0 bridgehead atoms. The number of methoxy groups -OCH3 is 1. The van der Waals surface area contributed by atoms with Crippen LogP contribution in [-0.4, -0.2) is 30.7 Å². The Morgan fingerprint density at radius 2 is 2.38 bits per heavy atom. The molecular formula is C11H15N3O2. The number of aromatic nitrogens is 2. The summed E-state index contributed by atoms with van der Waals surface area (Å²) in [5, 5.41) is 3.17. The van der Waals surface area contributed by atoms with E-state index in [1.54, 1.807) is 7.11 Å². The van der Waals surface area contributed by atoms with E-state index in [2.05, 4.69) is 21.4 Å². The first-order chi connectivity index (χ1) is 7.85. The predicted molar refractivity (Wildman–Crippen MR) is 59.0 cm³/mol. The fourth-order valence-corrected chi connectivity index (χ4v) is 1.70. The quantitative estimate of drug-likeness (QED) is 0.823. The molecule has 0 aromatic carbocycles. The van der Waals surface area contributed by atoms with Crippen molar-refractivity contribution in [2.45, 2.75) is 12.5 Å². The third-order valence-corrected chi connectivity index (χ3v) is 2.47. The Morgan fingerprint density at radius 3 is 3.00 bits per heavy atom. The summed E-state index contributed by atoms with van der Waals surface area (Å²) in [6, 6.07) is 1.78. The van der Waals surface area contributed by atoms with E-state index in [4.69, 9.17) is 9.47 Å². The van der Waals surface area contributed by atoms with Gasteiger partial charge in [0.2, 0.25) is 5.88 Å². The van der Waals surface area contributed by atoms with Crippen LogP contribution in [0, 0.1) is 0 Å². The van der Waals surface area contributed by atoms with Gasteiger partial charge in [-0.2, -0.15) is 0 Å². The van der Waals surface area contributed by atoms with Crippen LogP contribution in [-0.2, 0) is 4.74 Å². The molecule has 0 saturated carbocycles. The first kappa shape index (κ1) is 10.9. The van der Waals surface area contributed by atoms with Crippen LogP contribution in [0.5, 0.6) is 5.88 Å². The van der Waals surface area contributed by atoms with Crippen LogP contribution in [0.2, 0.25) is 0 Å². The van der Waals surface area contributed by atoms with E-state index in [0.717, 1.165) is 24.5 Å². The van der Waals surface area contributed by atoms with Gasteiger partial charge in [0, 0.05) is 12.5 Å².